The Morgan fingerprint density at radius 2 is 1.68 bits per heavy atom. The highest BCUT2D eigenvalue weighted by Crippen LogP contribution is 2.34. The van der Waals surface area contributed by atoms with Gasteiger partial charge in [0.1, 0.15) is 0 Å². The third kappa shape index (κ3) is 4.72. The van der Waals surface area contributed by atoms with Gasteiger partial charge in [0.05, 0.1) is 17.0 Å². The van der Waals surface area contributed by atoms with Gasteiger partial charge in [-0.25, -0.2) is 8.42 Å². The minimum absolute atomic E-state index is 0.0555. The van der Waals surface area contributed by atoms with Gasteiger partial charge in [-0.3, -0.25) is 9.52 Å². The molecule has 1 amide bonds. The fraction of sp³-hybridized carbons (Fsp3) is 0.381. The number of carbonyl (C=O) groups is 1. The van der Waals surface area contributed by atoms with Crippen molar-refractivity contribution in [3.63, 3.8) is 0 Å². The SMILES string of the molecule is CCS(=O)(=O)Nc1ccccc1C(=O)NCC1(c2ccccc2)CCOCC1. The lowest BCUT2D eigenvalue weighted by molar-refractivity contribution is 0.0487. The zero-order valence-electron chi connectivity index (χ0n) is 16.0. The van der Waals surface area contributed by atoms with Crippen LogP contribution in [0.2, 0.25) is 0 Å². The molecular formula is C21H26N2O4S. The Bertz CT molecular complexity index is 907. The number of hydrogen-bond donors (Lipinski definition) is 2. The molecule has 2 aromatic carbocycles. The van der Waals surface area contributed by atoms with Crippen molar-refractivity contribution in [3.8, 4) is 0 Å². The average molecular weight is 403 g/mol. The van der Waals surface area contributed by atoms with E-state index in [9.17, 15) is 13.2 Å². The Morgan fingerprint density at radius 3 is 2.36 bits per heavy atom. The number of ether oxygens (including phenoxy) is 1. The van der Waals surface area contributed by atoms with E-state index in [2.05, 4.69) is 22.2 Å². The van der Waals surface area contributed by atoms with Gasteiger partial charge < -0.3 is 10.1 Å². The molecule has 0 radical (unpaired) electrons. The Morgan fingerprint density at radius 1 is 1.04 bits per heavy atom. The Hall–Kier alpha value is -2.38. The van der Waals surface area contributed by atoms with E-state index in [1.165, 1.54) is 5.56 Å². The van der Waals surface area contributed by atoms with Crippen LogP contribution >= 0.6 is 0 Å². The van der Waals surface area contributed by atoms with Crippen molar-refractivity contribution < 1.29 is 17.9 Å². The predicted molar refractivity (Wildman–Crippen MR) is 110 cm³/mol. The van der Waals surface area contributed by atoms with Crippen LogP contribution in [0.1, 0.15) is 35.7 Å². The Labute approximate surface area is 166 Å². The molecule has 0 bridgehead atoms. The quantitative estimate of drug-likeness (QED) is 0.746. The summed E-state index contributed by atoms with van der Waals surface area (Å²) in [6.07, 6.45) is 1.64. The number of amides is 1. The standard InChI is InChI=1S/C21H26N2O4S/c1-2-28(25,26)23-19-11-7-6-10-18(19)20(24)22-16-21(12-14-27-15-13-21)17-8-4-3-5-9-17/h3-11,23H,2,12-16H2,1H3,(H,22,24). The maximum absolute atomic E-state index is 12.9. The van der Waals surface area contributed by atoms with E-state index in [4.69, 9.17) is 4.74 Å². The van der Waals surface area contributed by atoms with E-state index in [1.54, 1.807) is 31.2 Å². The largest absolute Gasteiger partial charge is 0.381 e. The van der Waals surface area contributed by atoms with Gasteiger partial charge in [0.2, 0.25) is 10.0 Å². The molecule has 6 nitrogen and oxygen atoms in total. The highest BCUT2D eigenvalue weighted by Gasteiger charge is 2.35. The van der Waals surface area contributed by atoms with Crippen molar-refractivity contribution in [1.82, 2.24) is 5.32 Å². The second kappa shape index (κ2) is 8.75. The summed E-state index contributed by atoms with van der Waals surface area (Å²) in [5, 5.41) is 3.02. The van der Waals surface area contributed by atoms with E-state index < -0.39 is 10.0 Å². The predicted octanol–water partition coefficient (Wildman–Crippen LogP) is 2.93. The Balaban J connectivity index is 1.79. The molecule has 28 heavy (non-hydrogen) atoms. The third-order valence-corrected chi connectivity index (χ3v) is 6.53. The number of carbonyl (C=O) groups excluding carboxylic acids is 1. The van der Waals surface area contributed by atoms with E-state index in [1.807, 2.05) is 18.2 Å². The molecule has 1 heterocycles. The normalized spacial score (nSPS) is 16.3. The molecule has 0 aromatic heterocycles. The van der Waals surface area contributed by atoms with Gasteiger partial charge in [0.25, 0.3) is 5.91 Å². The van der Waals surface area contributed by atoms with Crippen LogP contribution < -0.4 is 10.0 Å². The lowest BCUT2D eigenvalue weighted by Gasteiger charge is -2.38. The molecule has 0 aliphatic carbocycles. The maximum Gasteiger partial charge on any atom is 0.253 e. The molecule has 7 heteroatoms. The monoisotopic (exact) mass is 402 g/mol. The number of sulfonamides is 1. The zero-order valence-corrected chi connectivity index (χ0v) is 16.8. The van der Waals surface area contributed by atoms with E-state index >= 15 is 0 Å². The van der Waals surface area contributed by atoms with Gasteiger partial charge in [0, 0.05) is 25.2 Å². The number of rotatable bonds is 7. The Kier molecular flexibility index (Phi) is 6.36. The molecule has 0 saturated carbocycles. The van der Waals surface area contributed by atoms with Crippen LogP contribution in [0.5, 0.6) is 0 Å². The first-order valence-electron chi connectivity index (χ1n) is 9.47. The fourth-order valence-corrected chi connectivity index (χ4v) is 4.13. The average Bonchev–Trinajstić information content (AvgIpc) is 2.73. The highest BCUT2D eigenvalue weighted by molar-refractivity contribution is 7.92. The van der Waals surface area contributed by atoms with Crippen molar-refractivity contribution >= 4 is 21.6 Å². The van der Waals surface area contributed by atoms with Crippen LogP contribution in [0.3, 0.4) is 0 Å². The minimum Gasteiger partial charge on any atom is -0.381 e. The molecule has 1 saturated heterocycles. The number of benzene rings is 2. The number of anilines is 1. The van der Waals surface area contributed by atoms with Crippen molar-refractivity contribution in [1.29, 1.82) is 0 Å². The molecule has 2 N–H and O–H groups in total. The van der Waals surface area contributed by atoms with Crippen LogP contribution in [-0.4, -0.2) is 39.8 Å². The van der Waals surface area contributed by atoms with Gasteiger partial charge in [-0.1, -0.05) is 42.5 Å². The van der Waals surface area contributed by atoms with Gasteiger partial charge in [-0.15, -0.1) is 0 Å². The molecule has 0 unspecified atom stereocenters. The summed E-state index contributed by atoms with van der Waals surface area (Å²) in [6, 6.07) is 16.8. The smallest absolute Gasteiger partial charge is 0.253 e. The molecule has 1 aliphatic rings. The molecule has 1 aliphatic heterocycles. The van der Waals surface area contributed by atoms with Crippen molar-refractivity contribution in [2.24, 2.45) is 0 Å². The van der Waals surface area contributed by atoms with Gasteiger partial charge in [-0.05, 0) is 37.5 Å². The lowest BCUT2D eigenvalue weighted by Crippen LogP contribution is -2.44. The topological polar surface area (TPSA) is 84.5 Å². The van der Waals surface area contributed by atoms with Crippen LogP contribution in [0.15, 0.2) is 54.6 Å². The molecule has 0 atom stereocenters. The molecule has 1 fully saturated rings. The summed E-state index contributed by atoms with van der Waals surface area (Å²) in [5.74, 6) is -0.351. The van der Waals surface area contributed by atoms with E-state index in [0.717, 1.165) is 12.8 Å². The van der Waals surface area contributed by atoms with Crippen LogP contribution in [0.25, 0.3) is 0 Å². The van der Waals surface area contributed by atoms with Crippen molar-refractivity contribution in [2.45, 2.75) is 25.2 Å². The summed E-state index contributed by atoms with van der Waals surface area (Å²) >= 11 is 0. The fourth-order valence-electron chi connectivity index (χ4n) is 3.48. The lowest BCUT2D eigenvalue weighted by atomic mass is 9.74. The molecule has 3 rings (SSSR count). The molecule has 0 spiro atoms. The summed E-state index contributed by atoms with van der Waals surface area (Å²) in [5.41, 5.74) is 1.60. The number of nitrogens with one attached hydrogen (secondary N) is 2. The first-order chi connectivity index (χ1) is 13.5. The van der Waals surface area contributed by atoms with Gasteiger partial charge in [0.15, 0.2) is 0 Å². The second-order valence-electron chi connectivity index (χ2n) is 6.99. The second-order valence-corrected chi connectivity index (χ2v) is 9.00. The summed E-state index contributed by atoms with van der Waals surface area (Å²) in [6.45, 7) is 3.32. The minimum atomic E-state index is -3.47. The van der Waals surface area contributed by atoms with Crippen LogP contribution in [0, 0.1) is 0 Å². The van der Waals surface area contributed by atoms with E-state index in [-0.39, 0.29) is 17.1 Å². The zero-order chi connectivity index (χ0) is 20.0. The highest BCUT2D eigenvalue weighted by atomic mass is 32.2. The maximum atomic E-state index is 12.9. The molecular weight excluding hydrogens is 376 g/mol. The van der Waals surface area contributed by atoms with Crippen molar-refractivity contribution in [2.75, 3.05) is 30.2 Å². The van der Waals surface area contributed by atoms with Crippen molar-refractivity contribution in [3.05, 3.63) is 65.7 Å². The van der Waals surface area contributed by atoms with Gasteiger partial charge in [-0.2, -0.15) is 0 Å². The number of hydrogen-bond acceptors (Lipinski definition) is 4. The first-order valence-corrected chi connectivity index (χ1v) is 11.1. The van der Waals surface area contributed by atoms with Crippen LogP contribution in [-0.2, 0) is 20.2 Å². The first kappa shape index (κ1) is 20.4. The third-order valence-electron chi connectivity index (χ3n) is 5.24. The van der Waals surface area contributed by atoms with Crippen LogP contribution in [0.4, 0.5) is 5.69 Å². The van der Waals surface area contributed by atoms with Gasteiger partial charge >= 0.3 is 0 Å². The summed E-state index contributed by atoms with van der Waals surface area (Å²) < 4.78 is 31.9. The molecule has 2 aromatic rings. The summed E-state index contributed by atoms with van der Waals surface area (Å²) in [4.78, 5) is 12.9. The van der Waals surface area contributed by atoms with E-state index in [0.29, 0.717) is 31.0 Å². The summed E-state index contributed by atoms with van der Waals surface area (Å²) in [7, 11) is -3.47. The molecule has 150 valence electrons. The number of para-hydroxylation sites is 1.